The van der Waals surface area contributed by atoms with Crippen LogP contribution in [-0.2, 0) is 4.79 Å². The Hall–Kier alpha value is -0.280. The normalized spacial score (nSPS) is 14.0. The van der Waals surface area contributed by atoms with Gasteiger partial charge in [-0.05, 0) is 18.3 Å². The van der Waals surface area contributed by atoms with Crippen molar-refractivity contribution in [3.05, 3.63) is 0 Å². The summed E-state index contributed by atoms with van der Waals surface area (Å²) < 4.78 is 0. The van der Waals surface area contributed by atoms with Gasteiger partial charge < -0.3 is 11.1 Å². The number of nitrogens with two attached hydrogens (primary N) is 1. The van der Waals surface area contributed by atoms with Crippen LogP contribution in [0.5, 0.6) is 0 Å². The van der Waals surface area contributed by atoms with Crippen LogP contribution in [0.4, 0.5) is 0 Å². The quantitative estimate of drug-likeness (QED) is 0.708. The minimum Gasteiger partial charge on any atom is -0.352 e. The van der Waals surface area contributed by atoms with Crippen LogP contribution < -0.4 is 11.1 Å². The van der Waals surface area contributed by atoms with Crippen LogP contribution in [0.15, 0.2) is 0 Å². The fourth-order valence-electron chi connectivity index (χ4n) is 1.51. The van der Waals surface area contributed by atoms with Crippen LogP contribution in [-0.4, -0.2) is 18.5 Å². The van der Waals surface area contributed by atoms with Crippen molar-refractivity contribution in [3.8, 4) is 0 Å². The number of carbonyl (C=O) groups is 1. The lowest BCUT2D eigenvalue weighted by atomic mass is 9.94. The van der Waals surface area contributed by atoms with E-state index in [1.165, 1.54) is 0 Å². The van der Waals surface area contributed by atoms with Gasteiger partial charge in [0.1, 0.15) is 0 Å². The van der Waals surface area contributed by atoms with Gasteiger partial charge in [-0.2, -0.15) is 0 Å². The average molecular weight is 265 g/mol. The number of rotatable bonds is 8. The summed E-state index contributed by atoms with van der Waals surface area (Å²) in [6, 6.07) is 0.159. The minimum absolute atomic E-state index is 0. The molecule has 104 valence electrons. The molecule has 1 amide bonds. The molecule has 0 saturated heterocycles. The largest absolute Gasteiger partial charge is 0.352 e. The first-order chi connectivity index (χ1) is 7.51. The maximum absolute atomic E-state index is 11.7. The van der Waals surface area contributed by atoms with Crippen molar-refractivity contribution in [2.45, 2.75) is 59.4 Å². The van der Waals surface area contributed by atoms with Crippen molar-refractivity contribution in [2.75, 3.05) is 6.54 Å². The number of amides is 1. The standard InChI is InChI=1S/C13H28N2O.ClH/c1-5-6-7-12(9-14)15-13(16)8-11(4)10(2)3;/h10-12H,5-9,14H2,1-4H3,(H,15,16);1H. The monoisotopic (exact) mass is 264 g/mol. The summed E-state index contributed by atoms with van der Waals surface area (Å²) in [6.45, 7) is 9.11. The van der Waals surface area contributed by atoms with Gasteiger partial charge in [0.15, 0.2) is 0 Å². The minimum atomic E-state index is 0. The van der Waals surface area contributed by atoms with E-state index in [2.05, 4.69) is 33.0 Å². The molecular weight excluding hydrogens is 236 g/mol. The Balaban J connectivity index is 0. The second-order valence-corrected chi connectivity index (χ2v) is 5.07. The molecule has 0 saturated carbocycles. The zero-order valence-corrected chi connectivity index (χ0v) is 12.5. The number of unbranched alkanes of at least 4 members (excludes halogenated alkanes) is 1. The summed E-state index contributed by atoms with van der Waals surface area (Å²) in [7, 11) is 0. The highest BCUT2D eigenvalue weighted by Crippen LogP contribution is 2.13. The highest BCUT2D eigenvalue weighted by atomic mass is 35.5. The topological polar surface area (TPSA) is 55.1 Å². The molecule has 0 aliphatic carbocycles. The zero-order valence-electron chi connectivity index (χ0n) is 11.7. The molecule has 3 nitrogen and oxygen atoms in total. The molecule has 0 rings (SSSR count). The first-order valence-electron chi connectivity index (χ1n) is 6.50. The van der Waals surface area contributed by atoms with Gasteiger partial charge in [-0.15, -0.1) is 12.4 Å². The van der Waals surface area contributed by atoms with Crippen LogP contribution in [0, 0.1) is 11.8 Å². The molecule has 0 bridgehead atoms. The van der Waals surface area contributed by atoms with E-state index in [1.807, 2.05) is 0 Å². The van der Waals surface area contributed by atoms with E-state index >= 15 is 0 Å². The van der Waals surface area contributed by atoms with Gasteiger partial charge in [0.25, 0.3) is 0 Å². The van der Waals surface area contributed by atoms with Gasteiger partial charge in [0, 0.05) is 19.0 Å². The van der Waals surface area contributed by atoms with Gasteiger partial charge in [-0.1, -0.05) is 40.5 Å². The van der Waals surface area contributed by atoms with Gasteiger partial charge in [0.05, 0.1) is 0 Å². The summed E-state index contributed by atoms with van der Waals surface area (Å²) in [5.41, 5.74) is 5.64. The molecule has 0 aromatic heterocycles. The Morgan fingerprint density at radius 2 is 1.88 bits per heavy atom. The van der Waals surface area contributed by atoms with E-state index in [9.17, 15) is 4.79 Å². The SMILES string of the molecule is CCCCC(CN)NC(=O)CC(C)C(C)C.Cl. The van der Waals surface area contributed by atoms with Gasteiger partial charge in [0.2, 0.25) is 5.91 Å². The van der Waals surface area contributed by atoms with Crippen molar-refractivity contribution in [1.29, 1.82) is 0 Å². The molecule has 2 unspecified atom stereocenters. The van der Waals surface area contributed by atoms with Crippen molar-refractivity contribution in [1.82, 2.24) is 5.32 Å². The van der Waals surface area contributed by atoms with E-state index in [0.29, 0.717) is 24.8 Å². The molecule has 0 radical (unpaired) electrons. The second kappa shape index (κ2) is 10.8. The number of halogens is 1. The molecule has 4 heteroatoms. The molecule has 0 aromatic carbocycles. The lowest BCUT2D eigenvalue weighted by molar-refractivity contribution is -0.122. The van der Waals surface area contributed by atoms with E-state index in [1.54, 1.807) is 0 Å². The van der Waals surface area contributed by atoms with Crippen LogP contribution in [0.2, 0.25) is 0 Å². The Labute approximate surface area is 112 Å². The third-order valence-electron chi connectivity index (χ3n) is 3.20. The predicted molar refractivity (Wildman–Crippen MR) is 76.4 cm³/mol. The third kappa shape index (κ3) is 9.42. The zero-order chi connectivity index (χ0) is 12.6. The smallest absolute Gasteiger partial charge is 0.220 e. The van der Waals surface area contributed by atoms with E-state index in [-0.39, 0.29) is 24.4 Å². The van der Waals surface area contributed by atoms with Gasteiger partial charge >= 0.3 is 0 Å². The summed E-state index contributed by atoms with van der Waals surface area (Å²) in [4.78, 5) is 11.7. The number of carbonyl (C=O) groups excluding carboxylic acids is 1. The molecule has 17 heavy (non-hydrogen) atoms. The summed E-state index contributed by atoms with van der Waals surface area (Å²) in [6.07, 6.45) is 3.88. The molecular formula is C13H29ClN2O. The second-order valence-electron chi connectivity index (χ2n) is 5.07. The summed E-state index contributed by atoms with van der Waals surface area (Å²) >= 11 is 0. The van der Waals surface area contributed by atoms with E-state index in [0.717, 1.165) is 19.3 Å². The highest BCUT2D eigenvalue weighted by molar-refractivity contribution is 5.85. The third-order valence-corrected chi connectivity index (χ3v) is 3.20. The molecule has 2 atom stereocenters. The summed E-state index contributed by atoms with van der Waals surface area (Å²) in [5, 5.41) is 3.02. The molecule has 3 N–H and O–H groups in total. The molecule has 0 aliphatic rings. The van der Waals surface area contributed by atoms with Gasteiger partial charge in [-0.3, -0.25) is 4.79 Å². The lowest BCUT2D eigenvalue weighted by Crippen LogP contribution is -2.40. The fourth-order valence-corrected chi connectivity index (χ4v) is 1.51. The van der Waals surface area contributed by atoms with Crippen molar-refractivity contribution in [3.63, 3.8) is 0 Å². The fraction of sp³-hybridized carbons (Fsp3) is 0.923. The first-order valence-corrected chi connectivity index (χ1v) is 6.50. The molecule has 0 aliphatic heterocycles. The number of hydrogen-bond acceptors (Lipinski definition) is 2. The van der Waals surface area contributed by atoms with E-state index < -0.39 is 0 Å². The van der Waals surface area contributed by atoms with Crippen LogP contribution in [0.25, 0.3) is 0 Å². The Kier molecular flexibility index (Phi) is 12.2. The molecule has 0 aromatic rings. The highest BCUT2D eigenvalue weighted by Gasteiger charge is 2.15. The van der Waals surface area contributed by atoms with E-state index in [4.69, 9.17) is 5.73 Å². The lowest BCUT2D eigenvalue weighted by Gasteiger charge is -2.19. The Bertz CT molecular complexity index is 198. The predicted octanol–water partition coefficient (Wildman–Crippen LogP) is 2.72. The van der Waals surface area contributed by atoms with Crippen molar-refractivity contribution < 1.29 is 4.79 Å². The maximum atomic E-state index is 11.7. The Morgan fingerprint density at radius 1 is 1.29 bits per heavy atom. The van der Waals surface area contributed by atoms with Crippen LogP contribution >= 0.6 is 12.4 Å². The maximum Gasteiger partial charge on any atom is 0.220 e. The molecule has 0 heterocycles. The molecule has 0 fully saturated rings. The van der Waals surface area contributed by atoms with Crippen LogP contribution in [0.1, 0.15) is 53.4 Å². The van der Waals surface area contributed by atoms with Crippen molar-refractivity contribution in [2.24, 2.45) is 17.6 Å². The first kappa shape index (κ1) is 19.1. The van der Waals surface area contributed by atoms with Crippen molar-refractivity contribution >= 4 is 18.3 Å². The average Bonchev–Trinajstić information content (AvgIpc) is 2.23. The molecule has 0 spiro atoms. The van der Waals surface area contributed by atoms with Gasteiger partial charge in [-0.25, -0.2) is 0 Å². The number of nitrogens with one attached hydrogen (secondary N) is 1. The summed E-state index contributed by atoms with van der Waals surface area (Å²) in [5.74, 6) is 1.13. The number of hydrogen-bond donors (Lipinski definition) is 2. The Morgan fingerprint density at radius 3 is 2.29 bits per heavy atom. The van der Waals surface area contributed by atoms with Crippen LogP contribution in [0.3, 0.4) is 0 Å².